The Labute approximate surface area is 116 Å². The molecule has 108 valence electrons. The highest BCUT2D eigenvalue weighted by Gasteiger charge is 2.29. The molecular weight excluding hydrogens is 271 g/mol. The molecule has 0 saturated carbocycles. The Bertz CT molecular complexity index is 402. The molecular formula is C14H20F3NS. The van der Waals surface area contributed by atoms with Crippen LogP contribution < -0.4 is 5.73 Å². The Kier molecular flexibility index (Phi) is 6.20. The lowest BCUT2D eigenvalue weighted by molar-refractivity contribution is -0.0328. The standard InChI is InChI=1S/C14H20F3NS/c1-3-11-7-12(6-4-5-10(2)18)9-13(8-11)19-14(15,16)17/h7-10H,3-6,18H2,1-2H3/t10-/m0/s1. The van der Waals surface area contributed by atoms with Crippen LogP contribution in [-0.2, 0) is 12.8 Å². The molecule has 0 unspecified atom stereocenters. The molecule has 1 aromatic rings. The number of halogens is 3. The Morgan fingerprint density at radius 2 is 1.84 bits per heavy atom. The van der Waals surface area contributed by atoms with Gasteiger partial charge in [-0.25, -0.2) is 0 Å². The summed E-state index contributed by atoms with van der Waals surface area (Å²) in [5.74, 6) is 0. The van der Waals surface area contributed by atoms with Crippen LogP contribution in [0.2, 0.25) is 0 Å². The number of nitrogens with two attached hydrogens (primary N) is 1. The first kappa shape index (κ1) is 16.4. The van der Waals surface area contributed by atoms with E-state index in [2.05, 4.69) is 0 Å². The van der Waals surface area contributed by atoms with Crippen molar-refractivity contribution in [3.05, 3.63) is 29.3 Å². The molecule has 0 aliphatic rings. The molecule has 0 heterocycles. The van der Waals surface area contributed by atoms with E-state index in [1.165, 1.54) is 0 Å². The number of aryl methyl sites for hydroxylation is 2. The third-order valence-electron chi connectivity index (χ3n) is 2.79. The normalized spacial score (nSPS) is 13.6. The summed E-state index contributed by atoms with van der Waals surface area (Å²) in [5, 5.41) is 0. The molecule has 19 heavy (non-hydrogen) atoms. The minimum atomic E-state index is -4.23. The first-order chi connectivity index (χ1) is 8.80. The number of thioether (sulfide) groups is 1. The highest BCUT2D eigenvalue weighted by molar-refractivity contribution is 8.00. The molecule has 1 aromatic carbocycles. The van der Waals surface area contributed by atoms with Crippen LogP contribution >= 0.6 is 11.8 Å². The van der Waals surface area contributed by atoms with Gasteiger partial charge in [0.1, 0.15) is 0 Å². The van der Waals surface area contributed by atoms with E-state index in [0.29, 0.717) is 0 Å². The lowest BCUT2D eigenvalue weighted by Gasteiger charge is -2.11. The fourth-order valence-electron chi connectivity index (χ4n) is 1.90. The number of hydrogen-bond donors (Lipinski definition) is 1. The molecule has 1 rings (SSSR count). The van der Waals surface area contributed by atoms with Crippen molar-refractivity contribution in [3.8, 4) is 0 Å². The largest absolute Gasteiger partial charge is 0.446 e. The van der Waals surface area contributed by atoms with Crippen LogP contribution in [-0.4, -0.2) is 11.6 Å². The number of alkyl halides is 3. The SMILES string of the molecule is CCc1cc(CCC[C@H](C)N)cc(SC(F)(F)F)c1. The number of hydrogen-bond acceptors (Lipinski definition) is 2. The Morgan fingerprint density at radius 1 is 1.21 bits per heavy atom. The molecule has 0 aliphatic carbocycles. The molecule has 1 atom stereocenters. The summed E-state index contributed by atoms with van der Waals surface area (Å²) < 4.78 is 37.2. The lowest BCUT2D eigenvalue weighted by atomic mass is 10.0. The lowest BCUT2D eigenvalue weighted by Crippen LogP contribution is -2.14. The topological polar surface area (TPSA) is 26.0 Å². The maximum absolute atomic E-state index is 12.4. The van der Waals surface area contributed by atoms with Crippen molar-refractivity contribution in [2.24, 2.45) is 5.73 Å². The predicted molar refractivity (Wildman–Crippen MR) is 74.3 cm³/mol. The van der Waals surface area contributed by atoms with E-state index in [1.54, 1.807) is 12.1 Å². The van der Waals surface area contributed by atoms with E-state index in [-0.39, 0.29) is 22.7 Å². The molecule has 0 spiro atoms. The first-order valence-corrected chi connectivity index (χ1v) is 7.26. The summed E-state index contributed by atoms with van der Waals surface area (Å²) in [7, 11) is 0. The van der Waals surface area contributed by atoms with Crippen LogP contribution in [0.3, 0.4) is 0 Å². The second-order valence-electron chi connectivity index (χ2n) is 4.76. The zero-order chi connectivity index (χ0) is 14.5. The summed E-state index contributed by atoms with van der Waals surface area (Å²) in [6.45, 7) is 3.89. The highest BCUT2D eigenvalue weighted by atomic mass is 32.2. The summed E-state index contributed by atoms with van der Waals surface area (Å²) in [6.07, 6.45) is 3.31. The van der Waals surface area contributed by atoms with E-state index in [0.717, 1.165) is 36.8 Å². The Hall–Kier alpha value is -0.680. The van der Waals surface area contributed by atoms with Crippen molar-refractivity contribution >= 4 is 11.8 Å². The van der Waals surface area contributed by atoms with E-state index >= 15 is 0 Å². The Balaban J connectivity index is 2.77. The average Bonchev–Trinajstić information content (AvgIpc) is 2.25. The number of rotatable bonds is 6. The summed E-state index contributed by atoms with van der Waals surface area (Å²) in [5.41, 5.74) is 3.36. The fourth-order valence-corrected chi connectivity index (χ4v) is 2.59. The van der Waals surface area contributed by atoms with E-state index in [1.807, 2.05) is 19.9 Å². The van der Waals surface area contributed by atoms with Gasteiger partial charge in [-0.15, -0.1) is 0 Å². The Morgan fingerprint density at radius 3 is 2.37 bits per heavy atom. The quantitative estimate of drug-likeness (QED) is 0.779. The molecule has 0 fully saturated rings. The van der Waals surface area contributed by atoms with E-state index < -0.39 is 5.51 Å². The monoisotopic (exact) mass is 291 g/mol. The van der Waals surface area contributed by atoms with Gasteiger partial charge in [-0.1, -0.05) is 13.0 Å². The molecule has 2 N–H and O–H groups in total. The van der Waals surface area contributed by atoms with Gasteiger partial charge in [0, 0.05) is 10.9 Å². The second-order valence-corrected chi connectivity index (χ2v) is 5.89. The molecule has 1 nitrogen and oxygen atoms in total. The molecule has 0 bridgehead atoms. The van der Waals surface area contributed by atoms with Crippen molar-refractivity contribution in [1.82, 2.24) is 0 Å². The first-order valence-electron chi connectivity index (χ1n) is 6.44. The van der Waals surface area contributed by atoms with Crippen molar-refractivity contribution in [2.45, 2.75) is 56.0 Å². The van der Waals surface area contributed by atoms with Gasteiger partial charge in [0.2, 0.25) is 0 Å². The van der Waals surface area contributed by atoms with Gasteiger partial charge in [0.15, 0.2) is 0 Å². The molecule has 5 heteroatoms. The third-order valence-corrected chi connectivity index (χ3v) is 3.50. The van der Waals surface area contributed by atoms with Crippen molar-refractivity contribution < 1.29 is 13.2 Å². The maximum atomic E-state index is 12.4. The summed E-state index contributed by atoms with van der Waals surface area (Å²) in [6, 6.07) is 5.38. The maximum Gasteiger partial charge on any atom is 0.446 e. The smallest absolute Gasteiger partial charge is 0.328 e. The fraction of sp³-hybridized carbons (Fsp3) is 0.571. The predicted octanol–water partition coefficient (Wildman–Crippen LogP) is 4.53. The van der Waals surface area contributed by atoms with Gasteiger partial charge in [-0.05, 0) is 67.6 Å². The van der Waals surface area contributed by atoms with Gasteiger partial charge in [-0.2, -0.15) is 13.2 Å². The van der Waals surface area contributed by atoms with Crippen LogP contribution in [0.4, 0.5) is 13.2 Å². The number of benzene rings is 1. The average molecular weight is 291 g/mol. The van der Waals surface area contributed by atoms with Gasteiger partial charge in [0.05, 0.1) is 0 Å². The molecule has 0 saturated heterocycles. The van der Waals surface area contributed by atoms with Crippen molar-refractivity contribution in [3.63, 3.8) is 0 Å². The van der Waals surface area contributed by atoms with E-state index in [4.69, 9.17) is 5.73 Å². The third kappa shape index (κ3) is 6.87. The van der Waals surface area contributed by atoms with Gasteiger partial charge in [-0.3, -0.25) is 0 Å². The minimum Gasteiger partial charge on any atom is -0.328 e. The molecule has 0 amide bonds. The molecule has 0 radical (unpaired) electrons. The minimum absolute atomic E-state index is 0.0405. The van der Waals surface area contributed by atoms with Crippen LogP contribution in [0.15, 0.2) is 23.1 Å². The molecule has 0 aliphatic heterocycles. The highest BCUT2D eigenvalue weighted by Crippen LogP contribution is 2.37. The van der Waals surface area contributed by atoms with Crippen LogP contribution in [0, 0.1) is 0 Å². The molecule has 0 aromatic heterocycles. The van der Waals surface area contributed by atoms with Crippen molar-refractivity contribution in [2.75, 3.05) is 0 Å². The van der Waals surface area contributed by atoms with Crippen LogP contribution in [0.5, 0.6) is 0 Å². The van der Waals surface area contributed by atoms with Crippen molar-refractivity contribution in [1.29, 1.82) is 0 Å². The summed E-state index contributed by atoms with van der Waals surface area (Å²) in [4.78, 5) is 0.280. The zero-order valence-corrected chi connectivity index (χ0v) is 12.1. The summed E-state index contributed by atoms with van der Waals surface area (Å²) >= 11 is -0.0405. The van der Waals surface area contributed by atoms with Gasteiger partial charge in [0.25, 0.3) is 0 Å². The van der Waals surface area contributed by atoms with Gasteiger partial charge < -0.3 is 5.73 Å². The van der Waals surface area contributed by atoms with Crippen LogP contribution in [0.1, 0.15) is 37.8 Å². The van der Waals surface area contributed by atoms with Gasteiger partial charge >= 0.3 is 5.51 Å². The van der Waals surface area contributed by atoms with Crippen LogP contribution in [0.25, 0.3) is 0 Å². The second kappa shape index (κ2) is 7.20. The zero-order valence-electron chi connectivity index (χ0n) is 11.3. The van der Waals surface area contributed by atoms with E-state index in [9.17, 15) is 13.2 Å².